The van der Waals surface area contributed by atoms with E-state index in [0.717, 1.165) is 4.47 Å². The van der Waals surface area contributed by atoms with Gasteiger partial charge in [0, 0.05) is 16.1 Å². The molecule has 0 aliphatic rings. The second kappa shape index (κ2) is 7.17. The van der Waals surface area contributed by atoms with Gasteiger partial charge in [0.05, 0.1) is 18.8 Å². The van der Waals surface area contributed by atoms with Crippen molar-refractivity contribution < 1.29 is 22.3 Å². The van der Waals surface area contributed by atoms with Crippen LogP contribution in [-0.2, 0) is 10.0 Å². The molecule has 3 rings (SSSR count). The number of ether oxygens (including phenoxy) is 2. The summed E-state index contributed by atoms with van der Waals surface area (Å²) >= 11 is 3.35. The van der Waals surface area contributed by atoms with E-state index in [1.54, 1.807) is 18.2 Å². The van der Waals surface area contributed by atoms with Gasteiger partial charge in [-0.25, -0.2) is 22.9 Å². The predicted molar refractivity (Wildman–Crippen MR) is 96.0 cm³/mol. The Morgan fingerprint density at radius 3 is 2.81 bits per heavy atom. The maximum absolute atomic E-state index is 12.3. The summed E-state index contributed by atoms with van der Waals surface area (Å²) < 4.78 is 48.6. The summed E-state index contributed by atoms with van der Waals surface area (Å²) in [5, 5.41) is 5.74. The smallest absolute Gasteiger partial charge is 0.261 e. The second-order valence-electron chi connectivity index (χ2n) is 5.15. The summed E-state index contributed by atoms with van der Waals surface area (Å²) in [5.41, 5.74) is 0.530. The molecule has 26 heavy (non-hydrogen) atoms. The Kier molecular flexibility index (Phi) is 5.12. The van der Waals surface area contributed by atoms with Gasteiger partial charge in [0.1, 0.15) is 18.2 Å². The van der Waals surface area contributed by atoms with Crippen molar-refractivity contribution in [3.8, 4) is 17.6 Å². The van der Waals surface area contributed by atoms with Gasteiger partial charge in [0.2, 0.25) is 16.0 Å². The largest absolute Gasteiger partial charge is 0.484 e. The monoisotopic (exact) mass is 444 g/mol. The number of benzene rings is 1. The molecule has 0 saturated heterocycles. The first-order valence-electron chi connectivity index (χ1n) is 7.28. The quantitative estimate of drug-likeness (QED) is 0.623. The lowest BCUT2D eigenvalue weighted by atomic mass is 10.2. The Balaban J connectivity index is 2.20. The molecule has 0 atom stereocenters. The van der Waals surface area contributed by atoms with Crippen LogP contribution in [0.2, 0.25) is 0 Å². The zero-order valence-electron chi connectivity index (χ0n) is 13.5. The summed E-state index contributed by atoms with van der Waals surface area (Å²) in [6.07, 6.45) is 2.67. The van der Waals surface area contributed by atoms with E-state index in [2.05, 4.69) is 25.9 Å². The number of primary sulfonamides is 1. The van der Waals surface area contributed by atoms with Crippen molar-refractivity contribution in [2.45, 2.75) is 4.90 Å². The summed E-state index contributed by atoms with van der Waals surface area (Å²) in [4.78, 5) is 8.32. The Morgan fingerprint density at radius 1 is 1.38 bits per heavy atom. The van der Waals surface area contributed by atoms with Gasteiger partial charge in [-0.05, 0) is 12.1 Å². The van der Waals surface area contributed by atoms with Crippen LogP contribution in [0.5, 0.6) is 11.6 Å². The van der Waals surface area contributed by atoms with Crippen LogP contribution in [-0.4, -0.2) is 43.3 Å². The molecule has 0 aliphatic heterocycles. The van der Waals surface area contributed by atoms with E-state index in [1.807, 2.05) is 0 Å². The van der Waals surface area contributed by atoms with E-state index >= 15 is 0 Å². The average Bonchev–Trinajstić information content (AvgIpc) is 2.98. The number of methoxy groups -OCH3 is 1. The fraction of sp³-hybridized carbons (Fsp3) is 0.200. The van der Waals surface area contributed by atoms with Crippen molar-refractivity contribution in [3.63, 3.8) is 0 Å². The molecule has 138 valence electrons. The van der Waals surface area contributed by atoms with Crippen LogP contribution in [0.1, 0.15) is 0 Å². The first-order chi connectivity index (χ1) is 12.3. The van der Waals surface area contributed by atoms with Crippen LogP contribution >= 0.6 is 15.9 Å². The number of halogens is 2. The third-order valence-corrected chi connectivity index (χ3v) is 4.92. The summed E-state index contributed by atoms with van der Waals surface area (Å²) in [6.45, 7) is -0.826. The van der Waals surface area contributed by atoms with Crippen LogP contribution in [0.4, 0.5) is 4.39 Å². The van der Waals surface area contributed by atoms with Crippen LogP contribution in [0.15, 0.2) is 40.0 Å². The van der Waals surface area contributed by atoms with Crippen molar-refractivity contribution in [2.24, 2.45) is 5.14 Å². The van der Waals surface area contributed by atoms with E-state index in [-0.39, 0.29) is 29.1 Å². The summed E-state index contributed by atoms with van der Waals surface area (Å²) in [6, 6.07) is 5.05. The molecule has 0 saturated carbocycles. The Bertz CT molecular complexity index is 1070. The van der Waals surface area contributed by atoms with E-state index in [9.17, 15) is 12.8 Å². The molecule has 0 radical (unpaired) electrons. The van der Waals surface area contributed by atoms with Gasteiger partial charge >= 0.3 is 0 Å². The summed E-state index contributed by atoms with van der Waals surface area (Å²) in [5.74, 6) is 0.420. The molecule has 0 aliphatic carbocycles. The average molecular weight is 445 g/mol. The highest BCUT2D eigenvalue weighted by Gasteiger charge is 2.20. The first-order valence-corrected chi connectivity index (χ1v) is 9.62. The van der Waals surface area contributed by atoms with E-state index in [4.69, 9.17) is 14.6 Å². The number of rotatable bonds is 6. The maximum Gasteiger partial charge on any atom is 0.261 e. The number of aromatic nitrogens is 3. The lowest BCUT2D eigenvalue weighted by molar-refractivity contribution is 0.255. The number of nitrogens with two attached hydrogens (primary N) is 1. The van der Waals surface area contributed by atoms with Crippen molar-refractivity contribution in [3.05, 3.63) is 35.1 Å². The van der Waals surface area contributed by atoms with Gasteiger partial charge < -0.3 is 9.47 Å². The highest BCUT2D eigenvalue weighted by Crippen LogP contribution is 2.31. The van der Waals surface area contributed by atoms with Crippen molar-refractivity contribution >= 4 is 36.9 Å². The molecular formula is C15H14BrFN4O4S. The Labute approximate surface area is 156 Å². The van der Waals surface area contributed by atoms with Crippen molar-refractivity contribution in [1.82, 2.24) is 14.5 Å². The lowest BCUT2D eigenvalue weighted by Crippen LogP contribution is -2.11. The van der Waals surface area contributed by atoms with Gasteiger partial charge in [-0.1, -0.05) is 22.0 Å². The molecule has 0 spiro atoms. The third-order valence-electron chi connectivity index (χ3n) is 3.49. The first kappa shape index (κ1) is 18.5. The molecule has 2 N–H and O–H groups in total. The van der Waals surface area contributed by atoms with Crippen molar-refractivity contribution in [2.75, 3.05) is 20.4 Å². The second-order valence-corrected chi connectivity index (χ2v) is 7.60. The zero-order chi connectivity index (χ0) is 18.9. The Hall–Kier alpha value is -2.24. The predicted octanol–water partition coefficient (Wildman–Crippen LogP) is 2.19. The number of fused-ring (bicyclic) bond motifs is 1. The maximum atomic E-state index is 12.3. The number of hydrogen-bond donors (Lipinski definition) is 1. The minimum atomic E-state index is -3.95. The van der Waals surface area contributed by atoms with Crippen LogP contribution in [0, 0.1) is 0 Å². The normalized spacial score (nSPS) is 11.7. The number of nitrogens with zero attached hydrogens (tertiary/aromatic N) is 3. The van der Waals surface area contributed by atoms with Crippen LogP contribution in [0.3, 0.4) is 0 Å². The zero-order valence-corrected chi connectivity index (χ0v) is 15.9. The molecule has 0 bridgehead atoms. The van der Waals surface area contributed by atoms with Gasteiger partial charge in [0.25, 0.3) is 5.88 Å². The van der Waals surface area contributed by atoms with E-state index in [1.165, 1.54) is 24.1 Å². The van der Waals surface area contributed by atoms with E-state index in [0.29, 0.717) is 10.9 Å². The van der Waals surface area contributed by atoms with Gasteiger partial charge in [-0.15, -0.1) is 0 Å². The van der Waals surface area contributed by atoms with Crippen LogP contribution < -0.4 is 14.6 Å². The van der Waals surface area contributed by atoms with Gasteiger partial charge in [-0.3, -0.25) is 4.57 Å². The number of hydrogen-bond acceptors (Lipinski definition) is 6. The van der Waals surface area contributed by atoms with Crippen molar-refractivity contribution in [1.29, 1.82) is 0 Å². The molecule has 1 aromatic carbocycles. The highest BCUT2D eigenvalue weighted by molar-refractivity contribution is 9.10. The Morgan fingerprint density at radius 2 is 2.15 bits per heavy atom. The highest BCUT2D eigenvalue weighted by atomic mass is 79.9. The van der Waals surface area contributed by atoms with Crippen LogP contribution in [0.25, 0.3) is 16.9 Å². The molecule has 0 unspecified atom stereocenters. The van der Waals surface area contributed by atoms with Gasteiger partial charge in [0.15, 0.2) is 5.75 Å². The summed E-state index contributed by atoms with van der Waals surface area (Å²) in [7, 11) is -2.57. The minimum absolute atomic E-state index is 0.0553. The molecule has 0 fully saturated rings. The topological polar surface area (TPSA) is 109 Å². The molecule has 3 aromatic rings. The molecule has 11 heteroatoms. The molecular weight excluding hydrogens is 431 g/mol. The fourth-order valence-corrected chi connectivity index (χ4v) is 3.50. The molecule has 2 aromatic heterocycles. The fourth-order valence-electron chi connectivity index (χ4n) is 2.42. The van der Waals surface area contributed by atoms with Gasteiger partial charge in [-0.2, -0.15) is 4.98 Å². The number of alkyl halides is 1. The van der Waals surface area contributed by atoms with E-state index < -0.39 is 16.7 Å². The number of sulfonamides is 1. The molecule has 0 amide bonds. The standard InChI is InChI=1S/C15H14BrFN4O4S/c1-24-14-12(25-5-4-17)7-19-15(20-14)21-8-13(26(18,22)23)10-3-2-9(16)6-11(10)21/h2-3,6-8H,4-5H2,1H3,(H2,18,22,23). The minimum Gasteiger partial charge on any atom is -0.484 e. The SMILES string of the molecule is COc1nc(-n2cc(S(N)(=O)=O)c3ccc(Br)cc32)ncc1OCCF. The molecule has 2 heterocycles. The lowest BCUT2D eigenvalue weighted by Gasteiger charge is -2.10. The third kappa shape index (κ3) is 3.50. The molecule has 8 nitrogen and oxygen atoms in total.